The highest BCUT2D eigenvalue weighted by Gasteiger charge is 2.33. The Morgan fingerprint density at radius 3 is 2.25 bits per heavy atom. The van der Waals surface area contributed by atoms with Crippen molar-refractivity contribution in [2.24, 2.45) is 0 Å². The normalized spacial score (nSPS) is 11.2. The van der Waals surface area contributed by atoms with Gasteiger partial charge in [-0.25, -0.2) is 0 Å². The summed E-state index contributed by atoms with van der Waals surface area (Å²) in [5, 5.41) is 0. The van der Waals surface area contributed by atoms with E-state index >= 15 is 0 Å². The lowest BCUT2D eigenvalue weighted by atomic mass is 9.95. The highest BCUT2D eigenvalue weighted by molar-refractivity contribution is 5.91. The highest BCUT2D eigenvalue weighted by atomic mass is 19.4. The number of benzene rings is 2. The Labute approximate surface area is 113 Å². The van der Waals surface area contributed by atoms with Crippen molar-refractivity contribution < 1.29 is 22.7 Å². The molecule has 0 amide bonds. The molecule has 0 aliphatic heterocycles. The van der Waals surface area contributed by atoms with Crippen molar-refractivity contribution >= 4 is 6.29 Å². The fourth-order valence-electron chi connectivity index (χ4n) is 2.04. The van der Waals surface area contributed by atoms with Crippen LogP contribution in [0.25, 0.3) is 11.1 Å². The molecule has 0 bridgehead atoms. The van der Waals surface area contributed by atoms with Crippen molar-refractivity contribution in [3.8, 4) is 16.9 Å². The molecule has 0 fully saturated rings. The predicted octanol–water partition coefficient (Wildman–Crippen LogP) is 4.19. The van der Waals surface area contributed by atoms with Gasteiger partial charge >= 0.3 is 6.18 Å². The molecule has 2 nitrogen and oxygen atoms in total. The Morgan fingerprint density at radius 1 is 1.00 bits per heavy atom. The minimum atomic E-state index is -4.49. The van der Waals surface area contributed by atoms with E-state index in [4.69, 9.17) is 4.74 Å². The maximum Gasteiger partial charge on any atom is 0.417 e. The monoisotopic (exact) mass is 280 g/mol. The summed E-state index contributed by atoms with van der Waals surface area (Å²) in [5.74, 6) is 0.245. The zero-order chi connectivity index (χ0) is 14.8. The molecular weight excluding hydrogens is 269 g/mol. The van der Waals surface area contributed by atoms with E-state index in [1.807, 2.05) is 0 Å². The van der Waals surface area contributed by atoms with Crippen molar-refractivity contribution in [3.63, 3.8) is 0 Å². The van der Waals surface area contributed by atoms with Gasteiger partial charge in [-0.1, -0.05) is 30.3 Å². The van der Waals surface area contributed by atoms with E-state index in [0.29, 0.717) is 6.29 Å². The lowest BCUT2D eigenvalue weighted by molar-refractivity contribution is -0.137. The summed E-state index contributed by atoms with van der Waals surface area (Å²) in [4.78, 5) is 11.2. The molecule has 104 valence electrons. The fraction of sp³-hybridized carbons (Fsp3) is 0.133. The molecule has 2 aromatic rings. The van der Waals surface area contributed by atoms with Gasteiger partial charge in [-0.3, -0.25) is 4.79 Å². The molecule has 20 heavy (non-hydrogen) atoms. The molecule has 0 saturated carbocycles. The SMILES string of the molecule is COc1cccc(-c2ccccc2C(F)(F)F)c1C=O. The lowest BCUT2D eigenvalue weighted by Crippen LogP contribution is -2.07. The Hall–Kier alpha value is -2.30. The topological polar surface area (TPSA) is 26.3 Å². The van der Waals surface area contributed by atoms with Crippen LogP contribution in [0.1, 0.15) is 15.9 Å². The molecule has 5 heteroatoms. The molecule has 2 rings (SSSR count). The Kier molecular flexibility index (Phi) is 3.79. The number of ether oxygens (including phenoxy) is 1. The number of alkyl halides is 3. The Bertz CT molecular complexity index is 633. The van der Waals surface area contributed by atoms with Gasteiger partial charge in [0.2, 0.25) is 0 Å². The molecule has 0 spiro atoms. The first kappa shape index (κ1) is 14.1. The zero-order valence-corrected chi connectivity index (χ0v) is 10.6. The van der Waals surface area contributed by atoms with Crippen LogP contribution in [0, 0.1) is 0 Å². The fourth-order valence-corrected chi connectivity index (χ4v) is 2.04. The third kappa shape index (κ3) is 2.52. The smallest absolute Gasteiger partial charge is 0.417 e. The van der Waals surface area contributed by atoms with Crippen LogP contribution in [0.15, 0.2) is 42.5 Å². The lowest BCUT2D eigenvalue weighted by Gasteiger charge is -2.15. The number of carbonyl (C=O) groups excluding carboxylic acids is 1. The molecule has 0 N–H and O–H groups in total. The summed E-state index contributed by atoms with van der Waals surface area (Å²) in [7, 11) is 1.36. The van der Waals surface area contributed by atoms with Gasteiger partial charge in [0.25, 0.3) is 0 Å². The van der Waals surface area contributed by atoms with Crippen molar-refractivity contribution in [2.45, 2.75) is 6.18 Å². The van der Waals surface area contributed by atoms with Gasteiger partial charge in [-0.15, -0.1) is 0 Å². The van der Waals surface area contributed by atoms with E-state index in [9.17, 15) is 18.0 Å². The molecule has 0 aliphatic carbocycles. The molecule has 2 aromatic carbocycles. The standard InChI is InChI=1S/C15H11F3O2/c1-20-14-8-4-6-10(12(14)9-19)11-5-2-3-7-13(11)15(16,17)18/h2-9H,1H3. The van der Waals surface area contributed by atoms with Gasteiger partial charge in [-0.2, -0.15) is 13.2 Å². The van der Waals surface area contributed by atoms with Crippen LogP contribution in [0.4, 0.5) is 13.2 Å². The maximum absolute atomic E-state index is 13.0. The molecule has 0 aliphatic rings. The van der Waals surface area contributed by atoms with Crippen molar-refractivity contribution in [2.75, 3.05) is 7.11 Å². The van der Waals surface area contributed by atoms with E-state index in [1.165, 1.54) is 37.4 Å². The first-order chi connectivity index (χ1) is 9.49. The molecule has 0 saturated heterocycles. The summed E-state index contributed by atoms with van der Waals surface area (Å²) in [5.41, 5.74) is -0.517. The van der Waals surface area contributed by atoms with E-state index in [-0.39, 0.29) is 22.4 Å². The second kappa shape index (κ2) is 5.36. The first-order valence-electron chi connectivity index (χ1n) is 5.78. The average molecular weight is 280 g/mol. The minimum Gasteiger partial charge on any atom is -0.496 e. The second-order valence-corrected chi connectivity index (χ2v) is 4.08. The van der Waals surface area contributed by atoms with Gasteiger partial charge in [-0.05, 0) is 23.3 Å². The van der Waals surface area contributed by atoms with E-state index in [2.05, 4.69) is 0 Å². The number of carbonyl (C=O) groups is 1. The van der Waals surface area contributed by atoms with E-state index < -0.39 is 11.7 Å². The molecule has 0 heterocycles. The third-order valence-electron chi connectivity index (χ3n) is 2.93. The summed E-state index contributed by atoms with van der Waals surface area (Å²) in [6.45, 7) is 0. The van der Waals surface area contributed by atoms with Crippen molar-refractivity contribution in [1.82, 2.24) is 0 Å². The van der Waals surface area contributed by atoms with Crippen LogP contribution in [0.5, 0.6) is 5.75 Å². The zero-order valence-electron chi connectivity index (χ0n) is 10.6. The summed E-state index contributed by atoms with van der Waals surface area (Å²) >= 11 is 0. The molecule has 0 unspecified atom stereocenters. The number of aldehydes is 1. The minimum absolute atomic E-state index is 0.0407. The highest BCUT2D eigenvalue weighted by Crippen LogP contribution is 2.39. The van der Waals surface area contributed by atoms with Crippen LogP contribution in [0.2, 0.25) is 0 Å². The summed E-state index contributed by atoms with van der Waals surface area (Å²) < 4.78 is 44.1. The van der Waals surface area contributed by atoms with Gasteiger partial charge in [0, 0.05) is 0 Å². The molecular formula is C15H11F3O2. The van der Waals surface area contributed by atoms with Crippen molar-refractivity contribution in [3.05, 3.63) is 53.6 Å². The maximum atomic E-state index is 13.0. The van der Waals surface area contributed by atoms with E-state index in [1.54, 1.807) is 6.07 Å². The number of rotatable bonds is 3. The predicted molar refractivity (Wildman–Crippen MR) is 68.8 cm³/mol. The number of methoxy groups -OCH3 is 1. The third-order valence-corrected chi connectivity index (χ3v) is 2.93. The van der Waals surface area contributed by atoms with Gasteiger partial charge < -0.3 is 4.74 Å². The number of halogens is 3. The second-order valence-electron chi connectivity index (χ2n) is 4.08. The quantitative estimate of drug-likeness (QED) is 0.788. The van der Waals surface area contributed by atoms with Gasteiger partial charge in [0.1, 0.15) is 5.75 Å². The summed E-state index contributed by atoms with van der Waals surface area (Å²) in [6.07, 6.45) is -3.98. The number of hydrogen-bond acceptors (Lipinski definition) is 2. The largest absolute Gasteiger partial charge is 0.496 e. The molecule has 0 atom stereocenters. The van der Waals surface area contributed by atoms with Crippen molar-refractivity contribution in [1.29, 1.82) is 0 Å². The molecule has 0 aromatic heterocycles. The Balaban J connectivity index is 2.73. The van der Waals surface area contributed by atoms with Crippen LogP contribution < -0.4 is 4.74 Å². The number of hydrogen-bond donors (Lipinski definition) is 0. The average Bonchev–Trinajstić information content (AvgIpc) is 2.45. The van der Waals surface area contributed by atoms with Gasteiger partial charge in [0.05, 0.1) is 18.2 Å². The van der Waals surface area contributed by atoms with Crippen LogP contribution in [-0.4, -0.2) is 13.4 Å². The van der Waals surface area contributed by atoms with Gasteiger partial charge in [0.15, 0.2) is 6.29 Å². The van der Waals surface area contributed by atoms with Crippen LogP contribution in [-0.2, 0) is 6.18 Å². The molecule has 0 radical (unpaired) electrons. The Morgan fingerprint density at radius 2 is 1.65 bits per heavy atom. The first-order valence-corrected chi connectivity index (χ1v) is 5.78. The van der Waals surface area contributed by atoms with E-state index in [0.717, 1.165) is 6.07 Å². The van der Waals surface area contributed by atoms with Crippen LogP contribution in [0.3, 0.4) is 0 Å². The summed E-state index contributed by atoms with van der Waals surface area (Å²) in [6, 6.07) is 9.69. The van der Waals surface area contributed by atoms with Crippen LogP contribution >= 0.6 is 0 Å².